The lowest BCUT2D eigenvalue weighted by molar-refractivity contribution is 0.331. The van der Waals surface area contributed by atoms with Gasteiger partial charge in [0, 0.05) is 18.2 Å². The Morgan fingerprint density at radius 1 is 1.29 bits per heavy atom. The summed E-state index contributed by atoms with van der Waals surface area (Å²) in [6.45, 7) is 2.68. The number of rotatable bonds is 4. The Balaban J connectivity index is 3.03. The molecule has 1 aromatic carbocycles. The maximum Gasteiger partial charge on any atom is 0.162 e. The van der Waals surface area contributed by atoms with Crippen molar-refractivity contribution in [2.75, 3.05) is 13.7 Å². The van der Waals surface area contributed by atoms with Crippen molar-refractivity contribution in [3.63, 3.8) is 0 Å². The molecule has 0 spiro atoms. The van der Waals surface area contributed by atoms with Gasteiger partial charge in [0.25, 0.3) is 0 Å². The van der Waals surface area contributed by atoms with Gasteiger partial charge in [-0.25, -0.2) is 8.78 Å². The molecule has 0 heterocycles. The first-order valence-electron chi connectivity index (χ1n) is 4.44. The number of benzene rings is 1. The van der Waals surface area contributed by atoms with Gasteiger partial charge in [-0.3, -0.25) is 0 Å². The molecule has 0 saturated heterocycles. The molecule has 0 radical (unpaired) electrons. The molecule has 0 fully saturated rings. The van der Waals surface area contributed by atoms with E-state index in [1.807, 2.05) is 0 Å². The fraction of sp³-hybridized carbons (Fsp3) is 0.400. The van der Waals surface area contributed by atoms with Crippen molar-refractivity contribution in [2.45, 2.75) is 13.5 Å². The van der Waals surface area contributed by atoms with Gasteiger partial charge in [0.05, 0.1) is 6.61 Å². The third kappa shape index (κ3) is 2.42. The Bertz CT molecular complexity index is 284. The van der Waals surface area contributed by atoms with Crippen LogP contribution >= 0.6 is 0 Å². The number of nitrogens with one attached hydrogen (secondary N) is 1. The lowest BCUT2D eigenvalue weighted by Gasteiger charge is -2.10. The van der Waals surface area contributed by atoms with E-state index in [9.17, 15) is 8.78 Å². The number of hydrogen-bond donors (Lipinski definition) is 1. The van der Waals surface area contributed by atoms with E-state index in [0.29, 0.717) is 24.5 Å². The van der Waals surface area contributed by atoms with Gasteiger partial charge in [0.1, 0.15) is 5.75 Å². The number of ether oxygens (including phenoxy) is 1. The minimum absolute atomic E-state index is 0.390. The van der Waals surface area contributed by atoms with Gasteiger partial charge in [-0.2, -0.15) is 0 Å². The zero-order chi connectivity index (χ0) is 10.6. The lowest BCUT2D eigenvalue weighted by Crippen LogP contribution is -2.08. The van der Waals surface area contributed by atoms with E-state index in [1.54, 1.807) is 14.0 Å². The molecule has 1 N–H and O–H groups in total. The van der Waals surface area contributed by atoms with Crippen molar-refractivity contribution in [3.05, 3.63) is 29.3 Å². The van der Waals surface area contributed by atoms with E-state index in [1.165, 1.54) is 0 Å². The highest BCUT2D eigenvalue weighted by molar-refractivity contribution is 5.34. The Kier molecular flexibility index (Phi) is 3.83. The van der Waals surface area contributed by atoms with E-state index in [-0.39, 0.29) is 0 Å². The Hall–Kier alpha value is -1.16. The summed E-state index contributed by atoms with van der Waals surface area (Å²) in [4.78, 5) is 0. The van der Waals surface area contributed by atoms with Crippen LogP contribution in [-0.2, 0) is 6.54 Å². The molecular weight excluding hydrogens is 188 g/mol. The van der Waals surface area contributed by atoms with Crippen LogP contribution in [0, 0.1) is 11.6 Å². The Labute approximate surface area is 81.9 Å². The lowest BCUT2D eigenvalue weighted by atomic mass is 10.2. The molecule has 1 aromatic rings. The summed E-state index contributed by atoms with van der Waals surface area (Å²) in [7, 11) is 1.73. The molecule has 0 saturated carbocycles. The fourth-order valence-corrected chi connectivity index (χ4v) is 1.19. The van der Waals surface area contributed by atoms with Crippen LogP contribution in [0.15, 0.2) is 12.1 Å². The minimum atomic E-state index is -0.881. The summed E-state index contributed by atoms with van der Waals surface area (Å²) >= 11 is 0. The standard InChI is InChI=1S/C10H13F2NO/c1-3-14-10-5-9(12)8(11)4-7(10)6-13-2/h4-5,13H,3,6H2,1-2H3. The molecule has 0 bridgehead atoms. The summed E-state index contributed by atoms with van der Waals surface area (Å²) in [5.41, 5.74) is 0.619. The van der Waals surface area contributed by atoms with Crippen LogP contribution in [0.3, 0.4) is 0 Å². The molecular formula is C10H13F2NO. The van der Waals surface area contributed by atoms with Gasteiger partial charge < -0.3 is 10.1 Å². The van der Waals surface area contributed by atoms with Crippen molar-refractivity contribution in [3.8, 4) is 5.75 Å². The largest absolute Gasteiger partial charge is 0.493 e. The monoisotopic (exact) mass is 201 g/mol. The summed E-state index contributed by atoms with van der Waals surface area (Å²) in [6, 6.07) is 2.22. The number of hydrogen-bond acceptors (Lipinski definition) is 2. The first-order valence-corrected chi connectivity index (χ1v) is 4.44. The summed E-state index contributed by atoms with van der Waals surface area (Å²) in [5, 5.41) is 2.86. The first kappa shape index (κ1) is 10.9. The quantitative estimate of drug-likeness (QED) is 0.805. The molecule has 0 aliphatic rings. The molecule has 0 aromatic heterocycles. The zero-order valence-electron chi connectivity index (χ0n) is 8.23. The van der Waals surface area contributed by atoms with Gasteiger partial charge in [0.2, 0.25) is 0 Å². The Morgan fingerprint density at radius 2 is 1.93 bits per heavy atom. The molecule has 0 aliphatic heterocycles. The van der Waals surface area contributed by atoms with Crippen molar-refractivity contribution in [1.82, 2.24) is 5.32 Å². The van der Waals surface area contributed by atoms with Crippen LogP contribution in [0.4, 0.5) is 8.78 Å². The molecule has 78 valence electrons. The number of halogens is 2. The summed E-state index contributed by atoms with van der Waals surface area (Å²) in [5.74, 6) is -1.34. The van der Waals surface area contributed by atoms with Crippen LogP contribution in [0.1, 0.15) is 12.5 Å². The van der Waals surface area contributed by atoms with Crippen LogP contribution < -0.4 is 10.1 Å². The van der Waals surface area contributed by atoms with Crippen LogP contribution in [-0.4, -0.2) is 13.7 Å². The molecule has 2 nitrogen and oxygen atoms in total. The van der Waals surface area contributed by atoms with Crippen molar-refractivity contribution < 1.29 is 13.5 Å². The van der Waals surface area contributed by atoms with E-state index in [0.717, 1.165) is 12.1 Å². The van der Waals surface area contributed by atoms with Crippen molar-refractivity contribution >= 4 is 0 Å². The summed E-state index contributed by atoms with van der Waals surface area (Å²) in [6.07, 6.45) is 0. The van der Waals surface area contributed by atoms with Crippen molar-refractivity contribution in [2.24, 2.45) is 0 Å². The van der Waals surface area contributed by atoms with E-state index < -0.39 is 11.6 Å². The molecule has 0 amide bonds. The SMILES string of the molecule is CCOc1cc(F)c(F)cc1CNC. The third-order valence-electron chi connectivity index (χ3n) is 1.77. The smallest absolute Gasteiger partial charge is 0.162 e. The van der Waals surface area contributed by atoms with E-state index in [2.05, 4.69) is 5.32 Å². The van der Waals surface area contributed by atoms with Crippen molar-refractivity contribution in [1.29, 1.82) is 0 Å². The van der Waals surface area contributed by atoms with Gasteiger partial charge >= 0.3 is 0 Å². The van der Waals surface area contributed by atoms with Gasteiger partial charge in [-0.1, -0.05) is 0 Å². The summed E-state index contributed by atoms with van der Waals surface area (Å²) < 4.78 is 30.9. The molecule has 0 aliphatic carbocycles. The maximum absolute atomic E-state index is 12.9. The normalized spacial score (nSPS) is 10.3. The van der Waals surface area contributed by atoms with Crippen LogP contribution in [0.25, 0.3) is 0 Å². The molecule has 0 atom stereocenters. The minimum Gasteiger partial charge on any atom is -0.493 e. The maximum atomic E-state index is 12.9. The highest BCUT2D eigenvalue weighted by atomic mass is 19.2. The van der Waals surface area contributed by atoms with Gasteiger partial charge in [-0.15, -0.1) is 0 Å². The molecule has 1 rings (SSSR count). The van der Waals surface area contributed by atoms with E-state index in [4.69, 9.17) is 4.74 Å². The van der Waals surface area contributed by atoms with Crippen LogP contribution in [0.5, 0.6) is 5.75 Å². The third-order valence-corrected chi connectivity index (χ3v) is 1.77. The molecule has 4 heteroatoms. The van der Waals surface area contributed by atoms with Gasteiger partial charge in [-0.05, 0) is 20.0 Å². The average Bonchev–Trinajstić information content (AvgIpc) is 2.14. The van der Waals surface area contributed by atoms with E-state index >= 15 is 0 Å². The fourth-order valence-electron chi connectivity index (χ4n) is 1.19. The second-order valence-electron chi connectivity index (χ2n) is 2.84. The second-order valence-corrected chi connectivity index (χ2v) is 2.84. The highest BCUT2D eigenvalue weighted by Gasteiger charge is 2.09. The first-order chi connectivity index (χ1) is 6.69. The topological polar surface area (TPSA) is 21.3 Å². The predicted molar refractivity (Wildman–Crippen MR) is 50.3 cm³/mol. The highest BCUT2D eigenvalue weighted by Crippen LogP contribution is 2.22. The predicted octanol–water partition coefficient (Wildman–Crippen LogP) is 2.08. The van der Waals surface area contributed by atoms with Gasteiger partial charge in [0.15, 0.2) is 11.6 Å². The van der Waals surface area contributed by atoms with Crippen LogP contribution in [0.2, 0.25) is 0 Å². The zero-order valence-corrected chi connectivity index (χ0v) is 8.23. The molecule has 14 heavy (non-hydrogen) atoms. The molecule has 0 unspecified atom stereocenters. The second kappa shape index (κ2) is 4.91. The average molecular weight is 201 g/mol. The Morgan fingerprint density at radius 3 is 2.50 bits per heavy atom.